The standard InChI is InChI=1S/C7H8N2O/c1-10-5-2-3-6-7(4-5)9-8-6/h2-4,8-9H,1H3. The van der Waals surface area contributed by atoms with Gasteiger partial charge in [-0.05, 0) is 12.1 Å². The summed E-state index contributed by atoms with van der Waals surface area (Å²) in [6.07, 6.45) is 0. The van der Waals surface area contributed by atoms with Crippen molar-refractivity contribution in [1.29, 1.82) is 0 Å². The molecule has 1 heterocycles. The SMILES string of the molecule is COc1ccc2[nH][nH]c2c1. The summed E-state index contributed by atoms with van der Waals surface area (Å²) in [6.45, 7) is 0. The number of benzene rings is 1. The van der Waals surface area contributed by atoms with Crippen LogP contribution < -0.4 is 4.74 Å². The summed E-state index contributed by atoms with van der Waals surface area (Å²) in [5, 5.41) is 5.87. The normalized spacial score (nSPS) is 10.5. The van der Waals surface area contributed by atoms with Crippen LogP contribution in [0.3, 0.4) is 0 Å². The van der Waals surface area contributed by atoms with Crippen molar-refractivity contribution in [3.8, 4) is 5.75 Å². The molecule has 1 aromatic heterocycles. The Morgan fingerprint density at radius 3 is 2.50 bits per heavy atom. The molecule has 52 valence electrons. The van der Waals surface area contributed by atoms with E-state index in [1.165, 1.54) is 0 Å². The molecule has 2 N–H and O–H groups in total. The maximum atomic E-state index is 5.02. The van der Waals surface area contributed by atoms with Crippen LogP contribution in [0.4, 0.5) is 0 Å². The first-order chi connectivity index (χ1) is 4.90. The maximum absolute atomic E-state index is 5.02. The second-order valence-corrected chi connectivity index (χ2v) is 2.16. The summed E-state index contributed by atoms with van der Waals surface area (Å²) in [6, 6.07) is 5.85. The molecule has 0 saturated carbocycles. The van der Waals surface area contributed by atoms with Gasteiger partial charge in [-0.2, -0.15) is 0 Å². The predicted octanol–water partition coefficient (Wildman–Crippen LogP) is 1.50. The van der Waals surface area contributed by atoms with Crippen molar-refractivity contribution in [2.45, 2.75) is 0 Å². The summed E-state index contributed by atoms with van der Waals surface area (Å²) >= 11 is 0. The van der Waals surface area contributed by atoms with E-state index in [2.05, 4.69) is 10.2 Å². The fourth-order valence-corrected chi connectivity index (χ4v) is 0.935. The third-order valence-corrected chi connectivity index (χ3v) is 1.56. The molecular formula is C7H8N2O. The van der Waals surface area contributed by atoms with Gasteiger partial charge in [-0.15, -0.1) is 0 Å². The topological polar surface area (TPSA) is 40.8 Å². The van der Waals surface area contributed by atoms with Crippen LogP contribution >= 0.6 is 0 Å². The van der Waals surface area contributed by atoms with Crippen LogP contribution in [0, 0.1) is 0 Å². The summed E-state index contributed by atoms with van der Waals surface area (Å²) in [5.41, 5.74) is 2.22. The third kappa shape index (κ3) is 0.603. The number of hydrogen-bond acceptors (Lipinski definition) is 1. The van der Waals surface area contributed by atoms with Gasteiger partial charge in [0.05, 0.1) is 18.1 Å². The lowest BCUT2D eigenvalue weighted by molar-refractivity contribution is 0.415. The van der Waals surface area contributed by atoms with E-state index >= 15 is 0 Å². The molecular weight excluding hydrogens is 128 g/mol. The minimum atomic E-state index is 0.882. The number of hydrogen-bond donors (Lipinski definition) is 2. The van der Waals surface area contributed by atoms with E-state index in [0.29, 0.717) is 0 Å². The van der Waals surface area contributed by atoms with E-state index in [-0.39, 0.29) is 0 Å². The van der Waals surface area contributed by atoms with Crippen LogP contribution in [-0.4, -0.2) is 17.3 Å². The molecule has 0 saturated heterocycles. The Balaban J connectivity index is 2.57. The number of ether oxygens (including phenoxy) is 1. The van der Waals surface area contributed by atoms with E-state index < -0.39 is 0 Å². The smallest absolute Gasteiger partial charge is 0.121 e. The zero-order chi connectivity index (χ0) is 6.97. The second kappa shape index (κ2) is 1.80. The van der Waals surface area contributed by atoms with Gasteiger partial charge in [0.25, 0.3) is 0 Å². The minimum absolute atomic E-state index is 0.882. The van der Waals surface area contributed by atoms with Gasteiger partial charge < -0.3 is 4.74 Å². The van der Waals surface area contributed by atoms with Gasteiger partial charge in [-0.3, -0.25) is 10.2 Å². The highest BCUT2D eigenvalue weighted by molar-refractivity contribution is 5.77. The largest absolute Gasteiger partial charge is 0.497 e. The number of rotatable bonds is 1. The molecule has 0 bridgehead atoms. The van der Waals surface area contributed by atoms with Gasteiger partial charge in [-0.25, -0.2) is 0 Å². The van der Waals surface area contributed by atoms with E-state index in [4.69, 9.17) is 4.74 Å². The van der Waals surface area contributed by atoms with Crippen LogP contribution in [0.5, 0.6) is 5.75 Å². The zero-order valence-corrected chi connectivity index (χ0v) is 5.64. The predicted molar refractivity (Wildman–Crippen MR) is 39.2 cm³/mol. The molecule has 2 aromatic rings. The van der Waals surface area contributed by atoms with Crippen molar-refractivity contribution in [3.05, 3.63) is 18.2 Å². The second-order valence-electron chi connectivity index (χ2n) is 2.16. The van der Waals surface area contributed by atoms with E-state index in [9.17, 15) is 0 Å². The molecule has 2 rings (SSSR count). The van der Waals surface area contributed by atoms with Gasteiger partial charge in [-0.1, -0.05) is 0 Å². The number of H-pyrrole nitrogens is 2. The van der Waals surface area contributed by atoms with Crippen LogP contribution in [0.15, 0.2) is 18.2 Å². The van der Waals surface area contributed by atoms with Crippen molar-refractivity contribution in [2.24, 2.45) is 0 Å². The molecule has 1 aromatic carbocycles. The quantitative estimate of drug-likeness (QED) is 0.612. The zero-order valence-electron chi connectivity index (χ0n) is 5.64. The van der Waals surface area contributed by atoms with Crippen molar-refractivity contribution in [2.75, 3.05) is 7.11 Å². The molecule has 0 amide bonds. The van der Waals surface area contributed by atoms with Gasteiger partial charge >= 0.3 is 0 Å². The summed E-state index contributed by atoms with van der Waals surface area (Å²) in [5.74, 6) is 0.882. The van der Waals surface area contributed by atoms with Gasteiger partial charge in [0.2, 0.25) is 0 Å². The lowest BCUT2D eigenvalue weighted by Crippen LogP contribution is -1.91. The lowest BCUT2D eigenvalue weighted by Gasteiger charge is -2.04. The summed E-state index contributed by atoms with van der Waals surface area (Å²) in [7, 11) is 1.66. The molecule has 3 heteroatoms. The number of aromatic nitrogens is 2. The Labute approximate surface area is 58.0 Å². The minimum Gasteiger partial charge on any atom is -0.497 e. The van der Waals surface area contributed by atoms with Crippen LogP contribution in [0.25, 0.3) is 11.0 Å². The van der Waals surface area contributed by atoms with E-state index in [1.54, 1.807) is 7.11 Å². The molecule has 0 aliphatic carbocycles. The fraction of sp³-hybridized carbons (Fsp3) is 0.143. The number of aromatic amines is 2. The Morgan fingerprint density at radius 1 is 1.20 bits per heavy atom. The molecule has 0 radical (unpaired) electrons. The maximum Gasteiger partial charge on any atom is 0.121 e. The van der Waals surface area contributed by atoms with E-state index in [0.717, 1.165) is 16.8 Å². The van der Waals surface area contributed by atoms with E-state index in [1.807, 2.05) is 18.2 Å². The molecule has 0 aliphatic rings. The highest BCUT2D eigenvalue weighted by Crippen LogP contribution is 2.17. The average Bonchev–Trinajstić information content (AvgIpc) is 1.92. The van der Waals surface area contributed by atoms with Crippen LogP contribution in [0.2, 0.25) is 0 Å². The molecule has 0 atom stereocenters. The Hall–Kier alpha value is -1.38. The number of fused-ring (bicyclic) bond motifs is 1. The third-order valence-electron chi connectivity index (χ3n) is 1.56. The Morgan fingerprint density at radius 2 is 2.00 bits per heavy atom. The molecule has 0 fully saturated rings. The summed E-state index contributed by atoms with van der Waals surface area (Å²) in [4.78, 5) is 0. The molecule has 3 nitrogen and oxygen atoms in total. The first-order valence-corrected chi connectivity index (χ1v) is 3.10. The van der Waals surface area contributed by atoms with Crippen molar-refractivity contribution >= 4 is 11.0 Å². The molecule has 10 heavy (non-hydrogen) atoms. The summed E-state index contributed by atoms with van der Waals surface area (Å²) < 4.78 is 5.02. The van der Waals surface area contributed by atoms with Gasteiger partial charge in [0, 0.05) is 6.07 Å². The number of methoxy groups -OCH3 is 1. The molecule has 0 spiro atoms. The monoisotopic (exact) mass is 136 g/mol. The van der Waals surface area contributed by atoms with Crippen molar-refractivity contribution in [3.63, 3.8) is 0 Å². The highest BCUT2D eigenvalue weighted by atomic mass is 16.5. The lowest BCUT2D eigenvalue weighted by atomic mass is 10.3. The van der Waals surface area contributed by atoms with Crippen molar-refractivity contribution < 1.29 is 4.74 Å². The molecule has 0 aliphatic heterocycles. The first kappa shape index (κ1) is 5.41. The average molecular weight is 136 g/mol. The highest BCUT2D eigenvalue weighted by Gasteiger charge is 1.96. The van der Waals surface area contributed by atoms with Gasteiger partial charge in [0.15, 0.2) is 0 Å². The van der Waals surface area contributed by atoms with Gasteiger partial charge in [0.1, 0.15) is 5.75 Å². The Kier molecular flexibility index (Phi) is 0.974. The molecule has 0 unspecified atom stereocenters. The van der Waals surface area contributed by atoms with Crippen LogP contribution in [-0.2, 0) is 0 Å². The van der Waals surface area contributed by atoms with Crippen molar-refractivity contribution in [1.82, 2.24) is 10.2 Å². The number of nitrogens with one attached hydrogen (secondary N) is 2. The Bertz CT molecular complexity index is 334. The van der Waals surface area contributed by atoms with Crippen LogP contribution in [0.1, 0.15) is 0 Å². The first-order valence-electron chi connectivity index (χ1n) is 3.10. The fourth-order valence-electron chi connectivity index (χ4n) is 0.935.